The van der Waals surface area contributed by atoms with Crippen LogP contribution in [-0.4, -0.2) is 36.6 Å². The fourth-order valence-corrected chi connectivity index (χ4v) is 2.96. The molecule has 2 aliphatic rings. The standard InChI is InChI=1S/C12H24N2/c1-11-6-3-2-4-9-14(11)12-7-5-8-13-10-12/h11-13H,2-10H2,1H3. The van der Waals surface area contributed by atoms with Crippen molar-refractivity contribution in [2.45, 2.75) is 57.5 Å². The van der Waals surface area contributed by atoms with E-state index in [1.54, 1.807) is 0 Å². The molecule has 0 aromatic rings. The van der Waals surface area contributed by atoms with Crippen molar-refractivity contribution >= 4 is 0 Å². The van der Waals surface area contributed by atoms with Gasteiger partial charge in [0.2, 0.25) is 0 Å². The molecule has 0 radical (unpaired) electrons. The van der Waals surface area contributed by atoms with Gasteiger partial charge in [-0.1, -0.05) is 12.8 Å². The van der Waals surface area contributed by atoms with Gasteiger partial charge >= 0.3 is 0 Å². The first-order valence-corrected chi connectivity index (χ1v) is 6.34. The van der Waals surface area contributed by atoms with Crippen LogP contribution in [0, 0.1) is 0 Å². The largest absolute Gasteiger partial charge is 0.315 e. The molecule has 2 atom stereocenters. The summed E-state index contributed by atoms with van der Waals surface area (Å²) in [6.45, 7) is 6.22. The molecule has 0 spiro atoms. The lowest BCUT2D eigenvalue weighted by molar-refractivity contribution is 0.124. The summed E-state index contributed by atoms with van der Waals surface area (Å²) in [5, 5.41) is 3.53. The van der Waals surface area contributed by atoms with Crippen molar-refractivity contribution in [2.75, 3.05) is 19.6 Å². The van der Waals surface area contributed by atoms with Gasteiger partial charge in [0.05, 0.1) is 0 Å². The molecule has 2 fully saturated rings. The first-order valence-electron chi connectivity index (χ1n) is 6.34. The molecule has 2 unspecified atom stereocenters. The minimum absolute atomic E-state index is 0.822. The minimum atomic E-state index is 0.822. The molecule has 0 amide bonds. The first-order chi connectivity index (χ1) is 6.88. The predicted octanol–water partition coefficient (Wildman–Crippen LogP) is 2.00. The second-order valence-corrected chi connectivity index (χ2v) is 4.94. The molecule has 2 heteroatoms. The minimum Gasteiger partial charge on any atom is -0.315 e. The van der Waals surface area contributed by atoms with E-state index in [1.165, 1.54) is 58.2 Å². The van der Waals surface area contributed by atoms with Crippen LogP contribution < -0.4 is 5.32 Å². The van der Waals surface area contributed by atoms with Crippen LogP contribution in [0.5, 0.6) is 0 Å². The highest BCUT2D eigenvalue weighted by molar-refractivity contribution is 4.83. The van der Waals surface area contributed by atoms with Crippen molar-refractivity contribution in [1.29, 1.82) is 0 Å². The number of hydrogen-bond acceptors (Lipinski definition) is 2. The van der Waals surface area contributed by atoms with E-state index in [4.69, 9.17) is 0 Å². The van der Waals surface area contributed by atoms with Gasteiger partial charge in [0, 0.05) is 18.6 Å². The van der Waals surface area contributed by atoms with Crippen molar-refractivity contribution in [3.63, 3.8) is 0 Å². The Bertz CT molecular complexity index is 164. The fourth-order valence-electron chi connectivity index (χ4n) is 2.96. The second-order valence-electron chi connectivity index (χ2n) is 4.94. The maximum atomic E-state index is 3.53. The molecule has 14 heavy (non-hydrogen) atoms. The van der Waals surface area contributed by atoms with Gasteiger partial charge in [-0.05, 0) is 45.7 Å². The van der Waals surface area contributed by atoms with Crippen LogP contribution in [0.3, 0.4) is 0 Å². The van der Waals surface area contributed by atoms with Crippen molar-refractivity contribution in [1.82, 2.24) is 10.2 Å². The lowest BCUT2D eigenvalue weighted by Crippen LogP contribution is -2.49. The number of hydrogen-bond donors (Lipinski definition) is 1. The van der Waals surface area contributed by atoms with Crippen LogP contribution >= 0.6 is 0 Å². The van der Waals surface area contributed by atoms with E-state index < -0.39 is 0 Å². The smallest absolute Gasteiger partial charge is 0.0223 e. The summed E-state index contributed by atoms with van der Waals surface area (Å²) in [6, 6.07) is 1.65. The Labute approximate surface area is 88.1 Å². The van der Waals surface area contributed by atoms with Gasteiger partial charge in [0.15, 0.2) is 0 Å². The van der Waals surface area contributed by atoms with Gasteiger partial charge in [0.25, 0.3) is 0 Å². The predicted molar refractivity (Wildman–Crippen MR) is 60.5 cm³/mol. The van der Waals surface area contributed by atoms with E-state index in [0.717, 1.165) is 12.1 Å². The van der Waals surface area contributed by atoms with E-state index in [9.17, 15) is 0 Å². The molecule has 2 aliphatic heterocycles. The van der Waals surface area contributed by atoms with Crippen molar-refractivity contribution in [3.05, 3.63) is 0 Å². The maximum absolute atomic E-state index is 3.53. The van der Waals surface area contributed by atoms with Crippen molar-refractivity contribution in [2.24, 2.45) is 0 Å². The van der Waals surface area contributed by atoms with E-state index in [2.05, 4.69) is 17.1 Å². The van der Waals surface area contributed by atoms with Gasteiger partial charge < -0.3 is 5.32 Å². The highest BCUT2D eigenvalue weighted by Gasteiger charge is 2.25. The molecule has 82 valence electrons. The lowest BCUT2D eigenvalue weighted by atomic mass is 10.0. The van der Waals surface area contributed by atoms with Gasteiger partial charge in [-0.3, -0.25) is 4.90 Å². The molecule has 2 nitrogen and oxygen atoms in total. The highest BCUT2D eigenvalue weighted by Crippen LogP contribution is 2.21. The third-order valence-electron chi connectivity index (χ3n) is 3.84. The average Bonchev–Trinajstić information content (AvgIpc) is 2.44. The zero-order chi connectivity index (χ0) is 9.80. The molecule has 0 bridgehead atoms. The van der Waals surface area contributed by atoms with Crippen LogP contribution in [-0.2, 0) is 0 Å². The van der Waals surface area contributed by atoms with Crippen LogP contribution in [0.2, 0.25) is 0 Å². The summed E-state index contributed by atoms with van der Waals surface area (Å²) >= 11 is 0. The Morgan fingerprint density at radius 1 is 1.07 bits per heavy atom. The van der Waals surface area contributed by atoms with E-state index in [-0.39, 0.29) is 0 Å². The van der Waals surface area contributed by atoms with E-state index >= 15 is 0 Å². The first kappa shape index (κ1) is 10.4. The normalized spacial score (nSPS) is 36.6. The van der Waals surface area contributed by atoms with Crippen molar-refractivity contribution < 1.29 is 0 Å². The Kier molecular flexibility index (Phi) is 3.82. The average molecular weight is 196 g/mol. The summed E-state index contributed by atoms with van der Waals surface area (Å²) < 4.78 is 0. The zero-order valence-corrected chi connectivity index (χ0v) is 9.47. The van der Waals surface area contributed by atoms with E-state index in [1.807, 2.05) is 0 Å². The SMILES string of the molecule is CC1CCCCCN1C1CCCNC1. The topological polar surface area (TPSA) is 15.3 Å². The Balaban J connectivity index is 1.91. The number of piperidine rings is 1. The van der Waals surface area contributed by atoms with Crippen LogP contribution in [0.1, 0.15) is 45.4 Å². The third-order valence-corrected chi connectivity index (χ3v) is 3.84. The monoisotopic (exact) mass is 196 g/mol. The Hall–Kier alpha value is -0.0800. The Morgan fingerprint density at radius 3 is 2.79 bits per heavy atom. The molecular formula is C12H24N2. The molecular weight excluding hydrogens is 172 g/mol. The molecule has 2 heterocycles. The highest BCUT2D eigenvalue weighted by atomic mass is 15.2. The van der Waals surface area contributed by atoms with Crippen LogP contribution in [0.25, 0.3) is 0 Å². The summed E-state index contributed by atoms with van der Waals surface area (Å²) in [7, 11) is 0. The summed E-state index contributed by atoms with van der Waals surface area (Å²) in [5.41, 5.74) is 0. The van der Waals surface area contributed by atoms with E-state index in [0.29, 0.717) is 0 Å². The Morgan fingerprint density at radius 2 is 2.00 bits per heavy atom. The summed E-state index contributed by atoms with van der Waals surface area (Å²) in [5.74, 6) is 0. The lowest BCUT2D eigenvalue weighted by Gasteiger charge is -2.37. The number of nitrogens with zero attached hydrogens (tertiary/aromatic N) is 1. The van der Waals surface area contributed by atoms with Crippen LogP contribution in [0.15, 0.2) is 0 Å². The van der Waals surface area contributed by atoms with Crippen molar-refractivity contribution in [3.8, 4) is 0 Å². The molecule has 2 rings (SSSR count). The molecule has 0 saturated carbocycles. The molecule has 2 saturated heterocycles. The van der Waals surface area contributed by atoms with Gasteiger partial charge in [-0.25, -0.2) is 0 Å². The number of likely N-dealkylation sites (tertiary alicyclic amines) is 1. The zero-order valence-electron chi connectivity index (χ0n) is 9.47. The fraction of sp³-hybridized carbons (Fsp3) is 1.00. The molecule has 1 N–H and O–H groups in total. The summed E-state index contributed by atoms with van der Waals surface area (Å²) in [6.07, 6.45) is 8.50. The third kappa shape index (κ3) is 2.48. The number of nitrogens with one attached hydrogen (secondary N) is 1. The van der Waals surface area contributed by atoms with Crippen LogP contribution in [0.4, 0.5) is 0 Å². The number of rotatable bonds is 1. The molecule has 0 aliphatic carbocycles. The van der Waals surface area contributed by atoms with Gasteiger partial charge in [-0.15, -0.1) is 0 Å². The summed E-state index contributed by atoms with van der Waals surface area (Å²) in [4.78, 5) is 2.76. The quantitative estimate of drug-likeness (QED) is 0.690. The molecule has 0 aromatic carbocycles. The van der Waals surface area contributed by atoms with Gasteiger partial charge in [-0.2, -0.15) is 0 Å². The second kappa shape index (κ2) is 5.13. The molecule has 0 aromatic heterocycles. The van der Waals surface area contributed by atoms with Gasteiger partial charge in [0.1, 0.15) is 0 Å². The maximum Gasteiger partial charge on any atom is 0.0223 e.